The van der Waals surface area contributed by atoms with Crippen molar-refractivity contribution in [3.63, 3.8) is 0 Å². The van der Waals surface area contributed by atoms with Gasteiger partial charge in [0.2, 0.25) is 0 Å². The summed E-state index contributed by atoms with van der Waals surface area (Å²) in [4.78, 5) is 4.73. The third-order valence-electron chi connectivity index (χ3n) is 5.03. The highest BCUT2D eigenvalue weighted by Gasteiger charge is 2.22. The van der Waals surface area contributed by atoms with Crippen LogP contribution in [0.4, 0.5) is 0 Å². The molecule has 9 heteroatoms. The van der Waals surface area contributed by atoms with Gasteiger partial charge in [-0.15, -0.1) is 0 Å². The first-order valence-corrected chi connectivity index (χ1v) is 16.3. The molecule has 3 nitrogen and oxygen atoms in total. The van der Waals surface area contributed by atoms with Gasteiger partial charge in [-0.2, -0.15) is 0 Å². The maximum atomic E-state index is 6.53. The molecule has 0 amide bonds. The van der Waals surface area contributed by atoms with E-state index in [1.54, 1.807) is 21.6 Å². The van der Waals surface area contributed by atoms with E-state index in [0.29, 0.717) is 0 Å². The zero-order valence-corrected chi connectivity index (χ0v) is 22.7. The quantitative estimate of drug-likeness (QED) is 0.166. The van der Waals surface area contributed by atoms with Crippen molar-refractivity contribution in [1.82, 2.24) is 9.80 Å². The van der Waals surface area contributed by atoms with Gasteiger partial charge in [0.15, 0.2) is 0 Å². The molecule has 0 spiro atoms. The second kappa shape index (κ2) is 15.9. The SMILES string of the molecule is CCCC(OC(CCC)SSC(=S)N1CCCCC1)SSC(=S)N1CCCCC1. The predicted octanol–water partition coefficient (Wildman–Crippen LogP) is 7.56. The van der Waals surface area contributed by atoms with Crippen molar-refractivity contribution in [2.45, 2.75) is 88.9 Å². The van der Waals surface area contributed by atoms with E-state index in [-0.39, 0.29) is 10.9 Å². The molecule has 2 saturated heterocycles. The summed E-state index contributed by atoms with van der Waals surface area (Å²) in [6.07, 6.45) is 12.1. The van der Waals surface area contributed by atoms with Gasteiger partial charge in [0, 0.05) is 26.2 Å². The zero-order chi connectivity index (χ0) is 20.9. The highest BCUT2D eigenvalue weighted by Crippen LogP contribution is 2.39. The number of hydrogen-bond acceptors (Lipinski definition) is 7. The molecular formula is C20H36N2OS6. The van der Waals surface area contributed by atoms with Crippen LogP contribution in [0, 0.1) is 0 Å². The molecule has 2 heterocycles. The molecule has 0 aromatic carbocycles. The number of likely N-dealkylation sites (tertiary alicyclic amines) is 2. The second-order valence-electron chi connectivity index (χ2n) is 7.56. The standard InChI is InChI=1S/C20H36N2OS6/c1-3-11-17(26-28-19(24)21-13-7-5-8-14-21)23-18(12-4-2)27-29-20(25)22-15-9-6-10-16-22/h17-18H,3-16H2,1-2H3. The highest BCUT2D eigenvalue weighted by molar-refractivity contribution is 8.84. The van der Waals surface area contributed by atoms with E-state index < -0.39 is 0 Å². The smallest absolute Gasteiger partial charge is 0.147 e. The Hall–Kier alpha value is 1.14. The van der Waals surface area contributed by atoms with Gasteiger partial charge in [0.1, 0.15) is 19.5 Å². The summed E-state index contributed by atoms with van der Waals surface area (Å²) < 4.78 is 8.59. The molecule has 0 bridgehead atoms. The van der Waals surface area contributed by atoms with E-state index in [1.807, 2.05) is 21.6 Å². The summed E-state index contributed by atoms with van der Waals surface area (Å²) in [5, 5.41) is 0. The molecule has 29 heavy (non-hydrogen) atoms. The summed E-state index contributed by atoms with van der Waals surface area (Å²) >= 11 is 11.4. The van der Waals surface area contributed by atoms with Crippen molar-refractivity contribution in [2.75, 3.05) is 26.2 Å². The molecule has 0 aromatic heterocycles. The van der Waals surface area contributed by atoms with E-state index in [9.17, 15) is 0 Å². The van der Waals surface area contributed by atoms with Crippen molar-refractivity contribution in [3.05, 3.63) is 0 Å². The molecule has 0 radical (unpaired) electrons. The molecule has 2 aliphatic heterocycles. The van der Waals surface area contributed by atoms with E-state index in [4.69, 9.17) is 29.2 Å². The normalized spacial score (nSPS) is 19.8. The molecule has 0 aliphatic carbocycles. The zero-order valence-electron chi connectivity index (χ0n) is 17.8. The number of nitrogens with zero attached hydrogens (tertiary/aromatic N) is 2. The van der Waals surface area contributed by atoms with Crippen LogP contribution in [0.25, 0.3) is 0 Å². The second-order valence-corrected chi connectivity index (χ2v) is 13.5. The monoisotopic (exact) mass is 512 g/mol. The first-order valence-electron chi connectivity index (χ1n) is 11.0. The van der Waals surface area contributed by atoms with Crippen LogP contribution in [-0.2, 0) is 4.74 Å². The van der Waals surface area contributed by atoms with Gasteiger partial charge in [-0.05, 0) is 73.0 Å². The van der Waals surface area contributed by atoms with Crippen LogP contribution in [0.1, 0.15) is 78.1 Å². The Morgan fingerprint density at radius 2 is 1.10 bits per heavy atom. The summed E-state index contributed by atoms with van der Waals surface area (Å²) in [5.74, 6) is 0. The number of rotatable bonds is 10. The van der Waals surface area contributed by atoms with Crippen molar-refractivity contribution < 1.29 is 4.74 Å². The van der Waals surface area contributed by atoms with E-state index in [2.05, 4.69) is 23.6 Å². The van der Waals surface area contributed by atoms with Gasteiger partial charge in [0.05, 0.1) is 0 Å². The summed E-state index contributed by atoms with van der Waals surface area (Å²) in [6.45, 7) is 8.92. The van der Waals surface area contributed by atoms with Crippen LogP contribution in [0.5, 0.6) is 0 Å². The minimum absolute atomic E-state index is 0.181. The van der Waals surface area contributed by atoms with Gasteiger partial charge in [-0.25, -0.2) is 0 Å². The van der Waals surface area contributed by atoms with Crippen LogP contribution in [-0.4, -0.2) is 55.5 Å². The Morgan fingerprint density at radius 1 is 0.724 bits per heavy atom. The van der Waals surface area contributed by atoms with Crippen LogP contribution in [0.2, 0.25) is 0 Å². The van der Waals surface area contributed by atoms with Gasteiger partial charge >= 0.3 is 0 Å². The Morgan fingerprint density at radius 3 is 1.45 bits per heavy atom. The number of ether oxygens (including phenoxy) is 1. The van der Waals surface area contributed by atoms with E-state index in [0.717, 1.165) is 60.5 Å². The van der Waals surface area contributed by atoms with Crippen molar-refractivity contribution in [3.8, 4) is 0 Å². The molecule has 0 aromatic rings. The van der Waals surface area contributed by atoms with E-state index >= 15 is 0 Å². The van der Waals surface area contributed by atoms with Gasteiger partial charge in [0.25, 0.3) is 0 Å². The third kappa shape index (κ3) is 10.5. The number of piperidine rings is 2. The van der Waals surface area contributed by atoms with Crippen LogP contribution < -0.4 is 0 Å². The lowest BCUT2D eigenvalue weighted by Gasteiger charge is -2.30. The van der Waals surface area contributed by atoms with Gasteiger partial charge < -0.3 is 14.5 Å². The molecule has 2 fully saturated rings. The molecule has 2 atom stereocenters. The Kier molecular flexibility index (Phi) is 14.4. The average Bonchev–Trinajstić information content (AvgIpc) is 2.76. The fourth-order valence-corrected chi connectivity index (χ4v) is 9.11. The number of hydrogen-bond donors (Lipinski definition) is 0. The summed E-state index contributed by atoms with van der Waals surface area (Å²) in [6, 6.07) is 0. The van der Waals surface area contributed by atoms with Crippen molar-refractivity contribution in [2.24, 2.45) is 0 Å². The molecule has 0 N–H and O–H groups in total. The van der Waals surface area contributed by atoms with Gasteiger partial charge in [-0.1, -0.05) is 72.7 Å². The first kappa shape index (κ1) is 26.4. The Balaban J connectivity index is 1.78. The molecular weight excluding hydrogens is 477 g/mol. The lowest BCUT2D eigenvalue weighted by molar-refractivity contribution is 0.0826. The molecule has 2 unspecified atom stereocenters. The molecule has 0 saturated carbocycles. The van der Waals surface area contributed by atoms with Crippen molar-refractivity contribution in [1.29, 1.82) is 0 Å². The lowest BCUT2D eigenvalue weighted by atomic mass is 10.1. The van der Waals surface area contributed by atoms with E-state index in [1.165, 1.54) is 38.5 Å². The fourth-order valence-electron chi connectivity index (χ4n) is 3.37. The van der Waals surface area contributed by atoms with Crippen LogP contribution in [0.15, 0.2) is 0 Å². The van der Waals surface area contributed by atoms with Crippen molar-refractivity contribution >= 4 is 76.3 Å². The molecule has 168 valence electrons. The maximum absolute atomic E-state index is 6.53. The Bertz CT molecular complexity index is 442. The average molecular weight is 513 g/mol. The summed E-state index contributed by atoms with van der Waals surface area (Å²) in [5.41, 5.74) is 0.363. The Labute approximate surface area is 204 Å². The van der Waals surface area contributed by atoms with Crippen LogP contribution >= 0.6 is 67.6 Å². The fraction of sp³-hybridized carbons (Fsp3) is 0.900. The first-order chi connectivity index (χ1) is 14.1. The third-order valence-corrected chi connectivity index (χ3v) is 11.6. The predicted molar refractivity (Wildman–Crippen MR) is 145 cm³/mol. The van der Waals surface area contributed by atoms with Gasteiger partial charge in [-0.3, -0.25) is 0 Å². The highest BCUT2D eigenvalue weighted by atomic mass is 33.1. The number of thiocarbonyl (C=S) groups is 2. The van der Waals surface area contributed by atoms with Crippen LogP contribution in [0.3, 0.4) is 0 Å². The molecule has 2 aliphatic rings. The largest absolute Gasteiger partial charge is 0.357 e. The minimum atomic E-state index is 0.181. The summed E-state index contributed by atoms with van der Waals surface area (Å²) in [7, 11) is 7.09. The topological polar surface area (TPSA) is 15.7 Å². The maximum Gasteiger partial charge on any atom is 0.147 e. The lowest BCUT2D eigenvalue weighted by Crippen LogP contribution is -2.32. The minimum Gasteiger partial charge on any atom is -0.357 e. The molecule has 2 rings (SSSR count).